The third kappa shape index (κ3) is 1.58. The maximum Gasteiger partial charge on any atom is 0.310 e. The molecule has 0 aliphatic rings. The normalized spacial score (nSPS) is 12.9. The van der Waals surface area contributed by atoms with E-state index in [0.717, 1.165) is 23.0 Å². The maximum atomic E-state index is 11.0. The molecule has 0 saturated carbocycles. The van der Waals surface area contributed by atoms with E-state index in [9.17, 15) is 4.79 Å². The molecule has 1 aromatic carbocycles. The summed E-state index contributed by atoms with van der Waals surface area (Å²) in [6.45, 7) is 4.70. The number of aliphatic carboxylic acids is 1. The average Bonchev–Trinajstić information content (AvgIpc) is 2.70. The number of carbonyl (C=O) groups is 1. The first-order chi connectivity index (χ1) is 7.65. The standard InChI is InChI=1S/C13H15NO2/c1-3-14-8-7-11-10(9(2)13(15)16)5-4-6-12(11)14/h4-9H,3H2,1-2H3,(H,15,16). The minimum absolute atomic E-state index is 0.462. The Labute approximate surface area is 94.3 Å². The molecule has 0 spiro atoms. The summed E-state index contributed by atoms with van der Waals surface area (Å²) in [4.78, 5) is 11.0. The molecule has 0 saturated heterocycles. The summed E-state index contributed by atoms with van der Waals surface area (Å²) in [7, 11) is 0. The molecule has 2 aromatic rings. The van der Waals surface area contributed by atoms with Gasteiger partial charge in [0.2, 0.25) is 0 Å². The molecular weight excluding hydrogens is 202 g/mol. The van der Waals surface area contributed by atoms with Crippen LogP contribution in [0.25, 0.3) is 10.9 Å². The number of carboxylic acids is 1. The number of hydrogen-bond donors (Lipinski definition) is 1. The molecule has 3 heteroatoms. The highest BCUT2D eigenvalue weighted by atomic mass is 16.4. The van der Waals surface area contributed by atoms with E-state index >= 15 is 0 Å². The Morgan fingerprint density at radius 2 is 2.19 bits per heavy atom. The SMILES string of the molecule is CCn1ccc2c(C(C)C(=O)O)cccc21. The minimum Gasteiger partial charge on any atom is -0.481 e. The Kier molecular flexibility index (Phi) is 2.69. The fourth-order valence-corrected chi connectivity index (χ4v) is 2.03. The van der Waals surface area contributed by atoms with Crippen molar-refractivity contribution in [2.45, 2.75) is 26.3 Å². The lowest BCUT2D eigenvalue weighted by Gasteiger charge is -2.09. The van der Waals surface area contributed by atoms with E-state index in [-0.39, 0.29) is 0 Å². The molecule has 2 rings (SSSR count). The van der Waals surface area contributed by atoms with E-state index in [1.165, 1.54) is 0 Å². The molecule has 3 nitrogen and oxygen atoms in total. The second kappa shape index (κ2) is 4.00. The summed E-state index contributed by atoms with van der Waals surface area (Å²) < 4.78 is 2.12. The van der Waals surface area contributed by atoms with Crippen molar-refractivity contribution in [1.82, 2.24) is 4.57 Å². The second-order valence-corrected chi connectivity index (χ2v) is 3.94. The first kappa shape index (κ1) is 10.7. The summed E-state index contributed by atoms with van der Waals surface area (Å²) in [6, 6.07) is 7.83. The lowest BCUT2D eigenvalue weighted by Crippen LogP contribution is -2.07. The molecule has 84 valence electrons. The van der Waals surface area contributed by atoms with Crippen LogP contribution in [0.5, 0.6) is 0 Å². The van der Waals surface area contributed by atoms with Crippen molar-refractivity contribution in [2.75, 3.05) is 0 Å². The van der Waals surface area contributed by atoms with Gasteiger partial charge in [-0.2, -0.15) is 0 Å². The van der Waals surface area contributed by atoms with Crippen molar-refractivity contribution in [1.29, 1.82) is 0 Å². The third-order valence-electron chi connectivity index (χ3n) is 3.03. The number of rotatable bonds is 3. The van der Waals surface area contributed by atoms with E-state index < -0.39 is 11.9 Å². The third-order valence-corrected chi connectivity index (χ3v) is 3.03. The molecule has 0 aliphatic carbocycles. The molecular formula is C13H15NO2. The molecule has 1 N–H and O–H groups in total. The van der Waals surface area contributed by atoms with Crippen LogP contribution in [0, 0.1) is 0 Å². The summed E-state index contributed by atoms with van der Waals surface area (Å²) in [5.74, 6) is -1.24. The number of hydrogen-bond acceptors (Lipinski definition) is 1. The van der Waals surface area contributed by atoms with E-state index in [0.29, 0.717) is 0 Å². The Morgan fingerprint density at radius 1 is 1.44 bits per heavy atom. The fraction of sp³-hybridized carbons (Fsp3) is 0.308. The predicted molar refractivity (Wildman–Crippen MR) is 63.7 cm³/mol. The molecule has 1 aromatic heterocycles. The van der Waals surface area contributed by atoms with Gasteiger partial charge in [-0.25, -0.2) is 0 Å². The zero-order valence-corrected chi connectivity index (χ0v) is 9.47. The number of fused-ring (bicyclic) bond motifs is 1. The summed E-state index contributed by atoms with van der Waals surface area (Å²) in [5.41, 5.74) is 1.99. The molecule has 0 amide bonds. The Bertz CT molecular complexity index is 528. The fourth-order valence-electron chi connectivity index (χ4n) is 2.03. The Hall–Kier alpha value is -1.77. The second-order valence-electron chi connectivity index (χ2n) is 3.94. The largest absolute Gasteiger partial charge is 0.481 e. The van der Waals surface area contributed by atoms with Crippen LogP contribution in [0.4, 0.5) is 0 Å². The Balaban J connectivity index is 2.63. The van der Waals surface area contributed by atoms with E-state index in [1.54, 1.807) is 6.92 Å². The van der Waals surface area contributed by atoms with E-state index in [1.807, 2.05) is 30.5 Å². The van der Waals surface area contributed by atoms with E-state index in [4.69, 9.17) is 5.11 Å². The number of aryl methyl sites for hydroxylation is 1. The van der Waals surface area contributed by atoms with Crippen LogP contribution in [0.1, 0.15) is 25.3 Å². The highest BCUT2D eigenvalue weighted by Gasteiger charge is 2.16. The molecule has 1 unspecified atom stereocenters. The summed E-state index contributed by atoms with van der Waals surface area (Å²) >= 11 is 0. The molecule has 0 radical (unpaired) electrons. The van der Waals surface area contributed by atoms with Crippen LogP contribution in [0.2, 0.25) is 0 Å². The number of benzene rings is 1. The van der Waals surface area contributed by atoms with Gasteiger partial charge in [-0.15, -0.1) is 0 Å². The monoisotopic (exact) mass is 217 g/mol. The van der Waals surface area contributed by atoms with Gasteiger partial charge >= 0.3 is 5.97 Å². The average molecular weight is 217 g/mol. The predicted octanol–water partition coefficient (Wildman–Crippen LogP) is 2.85. The molecule has 1 heterocycles. The van der Waals surface area contributed by atoms with Crippen molar-refractivity contribution in [3.05, 3.63) is 36.0 Å². The molecule has 1 atom stereocenters. The maximum absolute atomic E-state index is 11.0. The van der Waals surface area contributed by atoms with Crippen molar-refractivity contribution in [3.8, 4) is 0 Å². The van der Waals surface area contributed by atoms with Crippen molar-refractivity contribution < 1.29 is 9.90 Å². The van der Waals surface area contributed by atoms with Crippen LogP contribution in [0.15, 0.2) is 30.5 Å². The quantitative estimate of drug-likeness (QED) is 0.859. The first-order valence-corrected chi connectivity index (χ1v) is 5.45. The molecule has 0 bridgehead atoms. The lowest BCUT2D eigenvalue weighted by atomic mass is 9.98. The zero-order chi connectivity index (χ0) is 11.7. The van der Waals surface area contributed by atoms with Gasteiger partial charge in [-0.3, -0.25) is 4.79 Å². The van der Waals surface area contributed by atoms with E-state index in [2.05, 4.69) is 11.5 Å². The molecule has 16 heavy (non-hydrogen) atoms. The van der Waals surface area contributed by atoms with Crippen LogP contribution in [-0.4, -0.2) is 15.6 Å². The highest BCUT2D eigenvalue weighted by molar-refractivity contribution is 5.89. The van der Waals surface area contributed by atoms with Crippen LogP contribution in [-0.2, 0) is 11.3 Å². The molecule has 0 aliphatic heterocycles. The van der Waals surface area contributed by atoms with Crippen LogP contribution < -0.4 is 0 Å². The van der Waals surface area contributed by atoms with Gasteiger partial charge in [-0.1, -0.05) is 12.1 Å². The van der Waals surface area contributed by atoms with Crippen LogP contribution >= 0.6 is 0 Å². The molecule has 0 fully saturated rings. The number of nitrogens with zero attached hydrogens (tertiary/aromatic N) is 1. The van der Waals surface area contributed by atoms with Gasteiger partial charge in [0.05, 0.1) is 5.92 Å². The van der Waals surface area contributed by atoms with Gasteiger partial charge in [-0.05, 0) is 31.5 Å². The van der Waals surface area contributed by atoms with Gasteiger partial charge < -0.3 is 9.67 Å². The first-order valence-electron chi connectivity index (χ1n) is 5.45. The van der Waals surface area contributed by atoms with Crippen molar-refractivity contribution >= 4 is 16.9 Å². The van der Waals surface area contributed by atoms with Gasteiger partial charge in [0.15, 0.2) is 0 Å². The minimum atomic E-state index is -0.781. The summed E-state index contributed by atoms with van der Waals surface area (Å²) in [6.07, 6.45) is 2.00. The number of carboxylic acid groups (broad SMARTS) is 1. The zero-order valence-electron chi connectivity index (χ0n) is 9.47. The van der Waals surface area contributed by atoms with Gasteiger partial charge in [0.1, 0.15) is 0 Å². The lowest BCUT2D eigenvalue weighted by molar-refractivity contribution is -0.138. The Morgan fingerprint density at radius 3 is 2.81 bits per heavy atom. The smallest absolute Gasteiger partial charge is 0.310 e. The van der Waals surface area contributed by atoms with Crippen LogP contribution in [0.3, 0.4) is 0 Å². The topological polar surface area (TPSA) is 42.2 Å². The number of aromatic nitrogens is 1. The van der Waals surface area contributed by atoms with Gasteiger partial charge in [0, 0.05) is 23.6 Å². The van der Waals surface area contributed by atoms with Gasteiger partial charge in [0.25, 0.3) is 0 Å². The summed E-state index contributed by atoms with van der Waals surface area (Å²) in [5, 5.41) is 10.1. The van der Waals surface area contributed by atoms with Crippen molar-refractivity contribution in [2.24, 2.45) is 0 Å². The highest BCUT2D eigenvalue weighted by Crippen LogP contribution is 2.26. The van der Waals surface area contributed by atoms with Crippen molar-refractivity contribution in [3.63, 3.8) is 0 Å².